The van der Waals surface area contributed by atoms with Gasteiger partial charge in [0.1, 0.15) is 5.69 Å². The fraction of sp³-hybridized carbons (Fsp3) is 0.308. The van der Waals surface area contributed by atoms with Gasteiger partial charge >= 0.3 is 6.18 Å². The molecule has 2 atom stereocenters. The van der Waals surface area contributed by atoms with Crippen molar-refractivity contribution in [1.82, 2.24) is 30.8 Å². The second-order valence-electron chi connectivity index (χ2n) is 8.62. The Morgan fingerprint density at radius 2 is 1.92 bits per heavy atom. The Balaban J connectivity index is 1.66. The number of H-pyrrole nitrogens is 1. The van der Waals surface area contributed by atoms with Crippen LogP contribution in [0, 0.1) is 6.92 Å². The first-order valence-electron chi connectivity index (χ1n) is 11.6. The lowest BCUT2D eigenvalue weighted by atomic mass is 9.85. The summed E-state index contributed by atoms with van der Waals surface area (Å²) in [5, 5.41) is 13.8. The number of nitrogens with one attached hydrogen (secondary N) is 3. The summed E-state index contributed by atoms with van der Waals surface area (Å²) in [5.74, 6) is -0.981. The molecular formula is C26H27F3N6O. The Bertz CT molecular complexity index is 1370. The van der Waals surface area contributed by atoms with Crippen LogP contribution in [0.5, 0.6) is 0 Å². The molecule has 0 aliphatic rings. The van der Waals surface area contributed by atoms with E-state index in [1.54, 1.807) is 25.4 Å². The number of rotatable bonds is 8. The third-order valence-electron chi connectivity index (χ3n) is 6.18. The van der Waals surface area contributed by atoms with E-state index < -0.39 is 29.6 Å². The highest BCUT2D eigenvalue weighted by Gasteiger charge is 2.36. The highest BCUT2D eigenvalue weighted by atomic mass is 19.4. The lowest BCUT2D eigenvalue weighted by Crippen LogP contribution is -2.45. The van der Waals surface area contributed by atoms with Crippen molar-refractivity contribution in [2.45, 2.75) is 38.4 Å². The van der Waals surface area contributed by atoms with Crippen molar-refractivity contribution in [3.05, 3.63) is 77.2 Å². The number of nitrogens with zero attached hydrogens (tertiary/aromatic N) is 3. The van der Waals surface area contributed by atoms with Gasteiger partial charge in [0.25, 0.3) is 5.91 Å². The molecule has 0 saturated heterocycles. The number of aromatic amines is 1. The molecule has 1 amide bonds. The zero-order valence-electron chi connectivity index (χ0n) is 20.1. The molecule has 1 aromatic carbocycles. The second kappa shape index (κ2) is 10.4. The minimum Gasteiger partial charge on any atom is -0.347 e. The molecule has 0 bridgehead atoms. The van der Waals surface area contributed by atoms with Gasteiger partial charge < -0.3 is 10.6 Å². The first-order chi connectivity index (χ1) is 17.2. The van der Waals surface area contributed by atoms with Gasteiger partial charge in [0.15, 0.2) is 5.65 Å². The smallest absolute Gasteiger partial charge is 0.347 e. The van der Waals surface area contributed by atoms with Gasteiger partial charge in [0.2, 0.25) is 0 Å². The zero-order valence-corrected chi connectivity index (χ0v) is 20.1. The normalized spacial score (nSPS) is 13.5. The Hall–Kier alpha value is -3.79. The van der Waals surface area contributed by atoms with Gasteiger partial charge in [-0.2, -0.15) is 18.3 Å². The van der Waals surface area contributed by atoms with Crippen LogP contribution in [-0.4, -0.2) is 45.7 Å². The largest absolute Gasteiger partial charge is 0.416 e. The van der Waals surface area contributed by atoms with Crippen molar-refractivity contribution in [2.24, 2.45) is 0 Å². The molecule has 7 nitrogen and oxygen atoms in total. The Labute approximate surface area is 206 Å². The molecule has 4 aromatic rings. The molecule has 0 aliphatic heterocycles. The van der Waals surface area contributed by atoms with Crippen LogP contribution in [0.15, 0.2) is 54.9 Å². The summed E-state index contributed by atoms with van der Waals surface area (Å²) in [4.78, 5) is 21.8. The zero-order chi connectivity index (χ0) is 25.9. The fourth-order valence-electron chi connectivity index (χ4n) is 4.51. The van der Waals surface area contributed by atoms with Crippen molar-refractivity contribution < 1.29 is 18.0 Å². The lowest BCUT2D eigenvalue weighted by Gasteiger charge is -2.29. The minimum atomic E-state index is -4.49. The lowest BCUT2D eigenvalue weighted by molar-refractivity contribution is -0.138. The number of benzene rings is 1. The van der Waals surface area contributed by atoms with E-state index in [0.29, 0.717) is 29.7 Å². The molecule has 0 saturated carbocycles. The number of amides is 1. The number of fused-ring (bicyclic) bond motifs is 1. The highest BCUT2D eigenvalue weighted by Crippen LogP contribution is 2.37. The Kier molecular flexibility index (Phi) is 7.35. The number of pyridine rings is 2. The number of hydrogen-bond donors (Lipinski definition) is 3. The average Bonchev–Trinajstić information content (AvgIpc) is 3.27. The third kappa shape index (κ3) is 5.23. The van der Waals surface area contributed by atoms with Gasteiger partial charge in [0.05, 0.1) is 11.1 Å². The van der Waals surface area contributed by atoms with E-state index in [4.69, 9.17) is 0 Å². The number of hydrogen-bond acceptors (Lipinski definition) is 5. The summed E-state index contributed by atoms with van der Waals surface area (Å²) in [6.45, 7) is 3.98. The van der Waals surface area contributed by atoms with Gasteiger partial charge in [-0.3, -0.25) is 14.9 Å². The van der Waals surface area contributed by atoms with Crippen LogP contribution in [0.3, 0.4) is 0 Å². The first-order valence-corrected chi connectivity index (χ1v) is 11.6. The molecule has 36 heavy (non-hydrogen) atoms. The molecule has 3 N–H and O–H groups in total. The maximum absolute atomic E-state index is 13.7. The number of aryl methyl sites for hydroxylation is 1. The van der Waals surface area contributed by atoms with Crippen LogP contribution in [0.2, 0.25) is 0 Å². The summed E-state index contributed by atoms with van der Waals surface area (Å²) < 4.78 is 41.2. The predicted molar refractivity (Wildman–Crippen MR) is 132 cm³/mol. The molecule has 10 heteroatoms. The number of likely N-dealkylation sites (N-methyl/N-ethyl adjacent to an activating group) is 1. The van der Waals surface area contributed by atoms with Gasteiger partial charge in [0, 0.05) is 47.5 Å². The topological polar surface area (TPSA) is 95.6 Å². The molecule has 0 fully saturated rings. The SMILES string of the molecule is CC[C@@H](c1ccccc1C(F)(F)F)[C@@H](CNC)NC(=O)c1cnc2[nH]nc(-c3ccnc(C)c3)c2c1. The predicted octanol–water partition coefficient (Wildman–Crippen LogP) is 4.86. The summed E-state index contributed by atoms with van der Waals surface area (Å²) >= 11 is 0. The average molecular weight is 497 g/mol. The first kappa shape index (κ1) is 25.3. The summed E-state index contributed by atoms with van der Waals surface area (Å²) in [7, 11) is 1.70. The van der Waals surface area contributed by atoms with Gasteiger partial charge in [-0.05, 0) is 50.2 Å². The van der Waals surface area contributed by atoms with Crippen molar-refractivity contribution in [3.63, 3.8) is 0 Å². The molecule has 4 rings (SSSR count). The van der Waals surface area contributed by atoms with E-state index in [0.717, 1.165) is 17.3 Å². The number of carbonyl (C=O) groups excluding carboxylic acids is 1. The van der Waals surface area contributed by atoms with E-state index in [1.165, 1.54) is 18.3 Å². The van der Waals surface area contributed by atoms with Crippen LogP contribution < -0.4 is 10.6 Å². The Morgan fingerprint density at radius 1 is 1.14 bits per heavy atom. The summed E-state index contributed by atoms with van der Waals surface area (Å²) in [6, 6.07) is 10.3. The van der Waals surface area contributed by atoms with Gasteiger partial charge in [-0.15, -0.1) is 0 Å². The standard InChI is InChI=1S/C26H27F3N6O/c1-4-18(19-7-5-6-8-21(19)26(27,28)29)22(14-30-3)33-25(36)17-12-20-23(34-35-24(20)32-13-17)16-9-10-31-15(2)11-16/h5-13,18,22,30H,4,14H2,1-3H3,(H,33,36)(H,32,34,35)/t18-,22+/m0/s1. The summed E-state index contributed by atoms with van der Waals surface area (Å²) in [5.41, 5.74) is 2.57. The van der Waals surface area contributed by atoms with E-state index in [2.05, 4.69) is 30.8 Å². The molecule has 0 radical (unpaired) electrons. The highest BCUT2D eigenvalue weighted by molar-refractivity contribution is 6.00. The molecule has 0 spiro atoms. The van der Waals surface area contributed by atoms with Crippen LogP contribution in [-0.2, 0) is 6.18 Å². The molecule has 0 aliphatic carbocycles. The van der Waals surface area contributed by atoms with Crippen LogP contribution >= 0.6 is 0 Å². The third-order valence-corrected chi connectivity index (χ3v) is 6.18. The number of halogens is 3. The quantitative estimate of drug-likeness (QED) is 0.324. The Morgan fingerprint density at radius 3 is 2.61 bits per heavy atom. The number of aromatic nitrogens is 4. The van der Waals surface area contributed by atoms with E-state index in [9.17, 15) is 18.0 Å². The van der Waals surface area contributed by atoms with Crippen LogP contribution in [0.1, 0.15) is 46.4 Å². The molecule has 188 valence electrons. The molecule has 3 heterocycles. The molecule has 3 aromatic heterocycles. The van der Waals surface area contributed by atoms with E-state index in [1.807, 2.05) is 26.0 Å². The van der Waals surface area contributed by atoms with Gasteiger partial charge in [-0.1, -0.05) is 25.1 Å². The van der Waals surface area contributed by atoms with Crippen LogP contribution in [0.4, 0.5) is 13.2 Å². The fourth-order valence-corrected chi connectivity index (χ4v) is 4.51. The van der Waals surface area contributed by atoms with Crippen molar-refractivity contribution in [2.75, 3.05) is 13.6 Å². The summed E-state index contributed by atoms with van der Waals surface area (Å²) in [6.07, 6.45) is -0.972. The monoisotopic (exact) mass is 496 g/mol. The van der Waals surface area contributed by atoms with E-state index in [-0.39, 0.29) is 11.1 Å². The van der Waals surface area contributed by atoms with E-state index >= 15 is 0 Å². The van der Waals surface area contributed by atoms with Gasteiger partial charge in [-0.25, -0.2) is 4.98 Å². The van der Waals surface area contributed by atoms with Crippen molar-refractivity contribution in [3.8, 4) is 11.3 Å². The van der Waals surface area contributed by atoms with Crippen molar-refractivity contribution in [1.29, 1.82) is 0 Å². The number of carbonyl (C=O) groups is 1. The van der Waals surface area contributed by atoms with Crippen LogP contribution in [0.25, 0.3) is 22.3 Å². The molecular weight excluding hydrogens is 469 g/mol. The maximum atomic E-state index is 13.7. The second-order valence-corrected chi connectivity index (χ2v) is 8.62. The maximum Gasteiger partial charge on any atom is 0.416 e. The molecule has 0 unspecified atom stereocenters. The minimum absolute atomic E-state index is 0.159. The number of alkyl halides is 3. The van der Waals surface area contributed by atoms with Crippen molar-refractivity contribution >= 4 is 16.9 Å².